The van der Waals surface area contributed by atoms with E-state index in [0.717, 1.165) is 12.0 Å². The first kappa shape index (κ1) is 9.23. The molecule has 0 bridgehead atoms. The van der Waals surface area contributed by atoms with Crippen molar-refractivity contribution in [2.24, 2.45) is 0 Å². The van der Waals surface area contributed by atoms with Gasteiger partial charge in [0, 0.05) is 6.42 Å². The Morgan fingerprint density at radius 3 is 2.50 bits per heavy atom. The van der Waals surface area contributed by atoms with E-state index in [0.29, 0.717) is 6.42 Å². The SMILES string of the molecule is CCc1cccc(CC(O)O)c1. The predicted molar refractivity (Wildman–Crippen MR) is 47.7 cm³/mol. The molecule has 0 aliphatic rings. The number of benzene rings is 1. The molecule has 0 spiro atoms. The van der Waals surface area contributed by atoms with Gasteiger partial charge >= 0.3 is 0 Å². The Kier molecular flexibility index (Phi) is 3.26. The van der Waals surface area contributed by atoms with Crippen LogP contribution >= 0.6 is 0 Å². The minimum absolute atomic E-state index is 0.313. The van der Waals surface area contributed by atoms with Crippen LogP contribution in [0.25, 0.3) is 0 Å². The van der Waals surface area contributed by atoms with E-state index in [9.17, 15) is 0 Å². The summed E-state index contributed by atoms with van der Waals surface area (Å²) in [7, 11) is 0. The van der Waals surface area contributed by atoms with Crippen LogP contribution in [0.3, 0.4) is 0 Å². The van der Waals surface area contributed by atoms with Gasteiger partial charge in [-0.05, 0) is 17.5 Å². The first-order chi connectivity index (χ1) is 5.72. The quantitative estimate of drug-likeness (QED) is 0.660. The van der Waals surface area contributed by atoms with E-state index in [-0.39, 0.29) is 0 Å². The summed E-state index contributed by atoms with van der Waals surface area (Å²) >= 11 is 0. The van der Waals surface area contributed by atoms with E-state index in [1.807, 2.05) is 24.3 Å². The van der Waals surface area contributed by atoms with Gasteiger partial charge in [0.2, 0.25) is 0 Å². The zero-order valence-electron chi connectivity index (χ0n) is 7.20. The second-order valence-corrected chi connectivity index (χ2v) is 2.86. The number of aryl methyl sites for hydroxylation is 1. The lowest BCUT2D eigenvalue weighted by Gasteiger charge is -2.04. The summed E-state index contributed by atoms with van der Waals surface area (Å²) < 4.78 is 0. The third-order valence-corrected chi connectivity index (χ3v) is 1.82. The zero-order chi connectivity index (χ0) is 8.97. The first-order valence-corrected chi connectivity index (χ1v) is 4.16. The second-order valence-electron chi connectivity index (χ2n) is 2.86. The third-order valence-electron chi connectivity index (χ3n) is 1.82. The Balaban J connectivity index is 2.72. The standard InChI is InChI=1S/C10H14O2/c1-2-8-4-3-5-9(6-8)7-10(11)12/h3-6,10-12H,2,7H2,1H3. The normalized spacial score (nSPS) is 10.7. The van der Waals surface area contributed by atoms with E-state index >= 15 is 0 Å². The van der Waals surface area contributed by atoms with E-state index in [1.165, 1.54) is 5.56 Å². The zero-order valence-corrected chi connectivity index (χ0v) is 7.20. The summed E-state index contributed by atoms with van der Waals surface area (Å²) in [5, 5.41) is 17.4. The lowest BCUT2D eigenvalue weighted by molar-refractivity contribution is -0.0381. The van der Waals surface area contributed by atoms with Crippen molar-refractivity contribution in [2.75, 3.05) is 0 Å². The largest absolute Gasteiger partial charge is 0.368 e. The number of aliphatic hydroxyl groups excluding tert-OH is 1. The topological polar surface area (TPSA) is 40.5 Å². The molecule has 0 aliphatic heterocycles. The molecule has 0 fully saturated rings. The van der Waals surface area contributed by atoms with Gasteiger partial charge in [-0.2, -0.15) is 0 Å². The summed E-state index contributed by atoms with van der Waals surface area (Å²) in [6, 6.07) is 7.88. The van der Waals surface area contributed by atoms with Gasteiger partial charge in [-0.15, -0.1) is 0 Å². The highest BCUT2D eigenvalue weighted by molar-refractivity contribution is 5.23. The molecule has 0 unspecified atom stereocenters. The highest BCUT2D eigenvalue weighted by atomic mass is 16.5. The Morgan fingerprint density at radius 1 is 1.25 bits per heavy atom. The number of aliphatic hydroxyl groups is 2. The average molecular weight is 166 g/mol. The van der Waals surface area contributed by atoms with Gasteiger partial charge in [0.1, 0.15) is 0 Å². The lowest BCUT2D eigenvalue weighted by Crippen LogP contribution is -2.08. The van der Waals surface area contributed by atoms with Crippen LogP contribution in [-0.4, -0.2) is 16.5 Å². The Bertz CT molecular complexity index is 243. The van der Waals surface area contributed by atoms with E-state index in [4.69, 9.17) is 10.2 Å². The molecule has 66 valence electrons. The fourth-order valence-corrected chi connectivity index (χ4v) is 1.19. The van der Waals surface area contributed by atoms with E-state index in [2.05, 4.69) is 6.92 Å². The average Bonchev–Trinajstić information content (AvgIpc) is 2.03. The minimum atomic E-state index is -1.24. The van der Waals surface area contributed by atoms with Crippen molar-refractivity contribution >= 4 is 0 Å². The van der Waals surface area contributed by atoms with Crippen LogP contribution in [0.15, 0.2) is 24.3 Å². The van der Waals surface area contributed by atoms with Crippen molar-refractivity contribution in [2.45, 2.75) is 26.1 Å². The number of hydrogen-bond acceptors (Lipinski definition) is 2. The predicted octanol–water partition coefficient (Wildman–Crippen LogP) is 1.10. The molecule has 2 heteroatoms. The molecule has 0 aliphatic carbocycles. The van der Waals surface area contributed by atoms with Crippen LogP contribution in [0.1, 0.15) is 18.1 Å². The maximum Gasteiger partial charge on any atom is 0.155 e. The Morgan fingerprint density at radius 2 is 1.92 bits per heavy atom. The van der Waals surface area contributed by atoms with Crippen molar-refractivity contribution < 1.29 is 10.2 Å². The van der Waals surface area contributed by atoms with Gasteiger partial charge in [-0.3, -0.25) is 0 Å². The van der Waals surface area contributed by atoms with E-state index in [1.54, 1.807) is 0 Å². The van der Waals surface area contributed by atoms with Gasteiger partial charge in [0.15, 0.2) is 6.29 Å². The van der Waals surface area contributed by atoms with Crippen molar-refractivity contribution in [3.63, 3.8) is 0 Å². The smallest absolute Gasteiger partial charge is 0.155 e. The summed E-state index contributed by atoms with van der Waals surface area (Å²) in [5.74, 6) is 0. The molecule has 0 saturated heterocycles. The van der Waals surface area contributed by atoms with Crippen LogP contribution < -0.4 is 0 Å². The third kappa shape index (κ3) is 2.64. The molecule has 0 heterocycles. The summed E-state index contributed by atoms with van der Waals surface area (Å²) in [5.41, 5.74) is 2.21. The molecule has 0 aromatic heterocycles. The van der Waals surface area contributed by atoms with Crippen LogP contribution in [0.5, 0.6) is 0 Å². The van der Waals surface area contributed by atoms with Crippen molar-refractivity contribution in [3.05, 3.63) is 35.4 Å². The van der Waals surface area contributed by atoms with Gasteiger partial charge in [0.05, 0.1) is 0 Å². The summed E-state index contributed by atoms with van der Waals surface area (Å²) in [6.07, 6.45) is 0.0561. The molecule has 1 rings (SSSR count). The molecule has 1 aromatic rings. The molecule has 1 aromatic carbocycles. The summed E-state index contributed by atoms with van der Waals surface area (Å²) in [4.78, 5) is 0. The van der Waals surface area contributed by atoms with Gasteiger partial charge in [-0.25, -0.2) is 0 Å². The minimum Gasteiger partial charge on any atom is -0.368 e. The summed E-state index contributed by atoms with van der Waals surface area (Å²) in [6.45, 7) is 2.08. The molecule has 0 saturated carbocycles. The molecule has 2 nitrogen and oxygen atoms in total. The highest BCUT2D eigenvalue weighted by Gasteiger charge is 1.99. The number of hydrogen-bond donors (Lipinski definition) is 2. The van der Waals surface area contributed by atoms with Crippen LogP contribution in [0, 0.1) is 0 Å². The van der Waals surface area contributed by atoms with Crippen molar-refractivity contribution in [3.8, 4) is 0 Å². The highest BCUT2D eigenvalue weighted by Crippen LogP contribution is 2.07. The maximum atomic E-state index is 8.72. The van der Waals surface area contributed by atoms with Crippen LogP contribution in [-0.2, 0) is 12.8 Å². The molecule has 0 radical (unpaired) electrons. The molecule has 0 amide bonds. The molecule has 0 atom stereocenters. The van der Waals surface area contributed by atoms with Gasteiger partial charge in [0.25, 0.3) is 0 Å². The number of rotatable bonds is 3. The maximum absolute atomic E-state index is 8.72. The molecule has 2 N–H and O–H groups in total. The van der Waals surface area contributed by atoms with Crippen LogP contribution in [0.4, 0.5) is 0 Å². The monoisotopic (exact) mass is 166 g/mol. The molecule has 12 heavy (non-hydrogen) atoms. The molecular formula is C10H14O2. The first-order valence-electron chi connectivity index (χ1n) is 4.16. The Hall–Kier alpha value is -0.860. The van der Waals surface area contributed by atoms with Gasteiger partial charge < -0.3 is 10.2 Å². The lowest BCUT2D eigenvalue weighted by atomic mass is 10.1. The fourth-order valence-electron chi connectivity index (χ4n) is 1.19. The second kappa shape index (κ2) is 4.24. The Labute approximate surface area is 72.5 Å². The van der Waals surface area contributed by atoms with Crippen LogP contribution in [0.2, 0.25) is 0 Å². The fraction of sp³-hybridized carbons (Fsp3) is 0.400. The van der Waals surface area contributed by atoms with Crippen molar-refractivity contribution in [1.29, 1.82) is 0 Å². The van der Waals surface area contributed by atoms with Gasteiger partial charge in [-0.1, -0.05) is 31.2 Å². The van der Waals surface area contributed by atoms with Crippen molar-refractivity contribution in [1.82, 2.24) is 0 Å². The van der Waals surface area contributed by atoms with E-state index < -0.39 is 6.29 Å². The molecular weight excluding hydrogens is 152 g/mol.